The number of rotatable bonds is 5. The minimum Gasteiger partial charge on any atom is -0.444 e. The lowest BCUT2D eigenvalue weighted by Crippen LogP contribution is -2.43. The second-order valence-corrected chi connectivity index (χ2v) is 5.22. The van der Waals surface area contributed by atoms with Crippen LogP contribution in [0.5, 0.6) is 0 Å². The van der Waals surface area contributed by atoms with E-state index in [1.54, 1.807) is 6.92 Å². The van der Waals surface area contributed by atoms with Crippen LogP contribution < -0.4 is 5.32 Å². The van der Waals surface area contributed by atoms with E-state index < -0.39 is 18.0 Å². The summed E-state index contributed by atoms with van der Waals surface area (Å²) in [4.78, 5) is 37.9. The van der Waals surface area contributed by atoms with Crippen molar-refractivity contribution in [3.05, 3.63) is 73.4 Å². The maximum absolute atomic E-state index is 12.2. The zero-order valence-corrected chi connectivity index (χ0v) is 13.8. The number of hydrogen-bond donors (Lipinski definition) is 1. The van der Waals surface area contributed by atoms with Crippen LogP contribution in [0, 0.1) is 0 Å². The average Bonchev–Trinajstić information content (AvgIpc) is 2.66. The summed E-state index contributed by atoms with van der Waals surface area (Å²) in [6.45, 7) is 5.05. The van der Waals surface area contributed by atoms with E-state index in [1.165, 1.54) is 34.6 Å². The van der Waals surface area contributed by atoms with E-state index in [1.807, 2.05) is 30.3 Å². The standard InChI is InChI=1S/C18H19N3O4/c1-3-16(22)19-14(2)17(23)20-9-11-21(12-10-20)18(24)25-13-15-7-5-4-6-8-15/h3-12,14H,1,13H2,2H3,(H,19,22)/t14-/m0/s1. The quantitative estimate of drug-likeness (QED) is 0.832. The number of carbonyl (C=O) groups is 3. The molecule has 7 heteroatoms. The highest BCUT2D eigenvalue weighted by Gasteiger charge is 2.21. The molecule has 3 amide bonds. The van der Waals surface area contributed by atoms with Gasteiger partial charge in [0.15, 0.2) is 0 Å². The molecule has 1 aliphatic rings. The number of carbonyl (C=O) groups excluding carboxylic acids is 3. The van der Waals surface area contributed by atoms with E-state index in [4.69, 9.17) is 4.74 Å². The first-order valence-electron chi connectivity index (χ1n) is 7.62. The Labute approximate surface area is 145 Å². The van der Waals surface area contributed by atoms with Crippen LogP contribution in [-0.2, 0) is 20.9 Å². The highest BCUT2D eigenvalue weighted by Crippen LogP contribution is 2.10. The summed E-state index contributed by atoms with van der Waals surface area (Å²) in [5, 5.41) is 2.48. The van der Waals surface area contributed by atoms with Crippen LogP contribution in [0.15, 0.2) is 67.8 Å². The van der Waals surface area contributed by atoms with Crippen molar-refractivity contribution in [2.24, 2.45) is 0 Å². The van der Waals surface area contributed by atoms with Gasteiger partial charge in [-0.25, -0.2) is 4.79 Å². The largest absolute Gasteiger partial charge is 0.444 e. The summed E-state index contributed by atoms with van der Waals surface area (Å²) >= 11 is 0. The Hall–Kier alpha value is -3.35. The molecule has 0 aliphatic carbocycles. The third-order valence-electron chi connectivity index (χ3n) is 3.36. The van der Waals surface area contributed by atoms with Gasteiger partial charge in [0.2, 0.25) is 5.91 Å². The van der Waals surface area contributed by atoms with Crippen molar-refractivity contribution in [3.8, 4) is 0 Å². The molecule has 0 fully saturated rings. The van der Waals surface area contributed by atoms with Gasteiger partial charge in [-0.1, -0.05) is 36.9 Å². The molecule has 0 unspecified atom stereocenters. The zero-order chi connectivity index (χ0) is 18.2. The van der Waals surface area contributed by atoms with Gasteiger partial charge in [-0.3, -0.25) is 19.4 Å². The Morgan fingerprint density at radius 3 is 2.32 bits per heavy atom. The maximum Gasteiger partial charge on any atom is 0.418 e. The van der Waals surface area contributed by atoms with E-state index in [9.17, 15) is 14.4 Å². The van der Waals surface area contributed by atoms with Gasteiger partial charge < -0.3 is 10.1 Å². The minimum absolute atomic E-state index is 0.158. The van der Waals surface area contributed by atoms with Crippen molar-refractivity contribution >= 4 is 17.9 Å². The number of amides is 3. The fourth-order valence-electron chi connectivity index (χ4n) is 2.01. The molecule has 1 heterocycles. The van der Waals surface area contributed by atoms with Crippen LogP contribution in [0.1, 0.15) is 12.5 Å². The first-order chi connectivity index (χ1) is 12.0. The minimum atomic E-state index is -0.726. The van der Waals surface area contributed by atoms with Crippen molar-refractivity contribution in [2.45, 2.75) is 19.6 Å². The predicted molar refractivity (Wildman–Crippen MR) is 91.4 cm³/mol. The Morgan fingerprint density at radius 1 is 1.12 bits per heavy atom. The average molecular weight is 341 g/mol. The number of nitrogens with zero attached hydrogens (tertiary/aromatic N) is 2. The predicted octanol–water partition coefficient (Wildman–Crippen LogP) is 2.10. The van der Waals surface area contributed by atoms with E-state index in [2.05, 4.69) is 11.9 Å². The maximum atomic E-state index is 12.2. The molecule has 0 bridgehead atoms. The second kappa shape index (κ2) is 8.49. The van der Waals surface area contributed by atoms with Crippen molar-refractivity contribution < 1.29 is 19.1 Å². The number of nitrogens with one attached hydrogen (secondary N) is 1. The molecule has 0 saturated carbocycles. The van der Waals surface area contributed by atoms with Crippen molar-refractivity contribution in [1.82, 2.24) is 15.1 Å². The normalized spacial score (nSPS) is 14.0. The van der Waals surface area contributed by atoms with Crippen LogP contribution >= 0.6 is 0 Å². The first kappa shape index (κ1) is 18.0. The van der Waals surface area contributed by atoms with Gasteiger partial charge in [0.1, 0.15) is 12.6 Å². The SMILES string of the molecule is C=CC(=O)N[C@@H](C)C(=O)N1C=CN(C(=O)OCc2ccccc2)C=C1. The molecule has 1 atom stereocenters. The van der Waals surface area contributed by atoms with Gasteiger partial charge in [0.25, 0.3) is 5.91 Å². The van der Waals surface area contributed by atoms with Crippen molar-refractivity contribution in [3.63, 3.8) is 0 Å². The summed E-state index contributed by atoms with van der Waals surface area (Å²) in [7, 11) is 0. The van der Waals surface area contributed by atoms with Gasteiger partial charge in [0.05, 0.1) is 0 Å². The highest BCUT2D eigenvalue weighted by molar-refractivity contribution is 5.93. The molecule has 1 aromatic rings. The lowest BCUT2D eigenvalue weighted by Gasteiger charge is -2.24. The molecular formula is C18H19N3O4. The molecule has 0 aromatic heterocycles. The summed E-state index contributed by atoms with van der Waals surface area (Å²) in [6, 6.07) is 8.59. The van der Waals surface area contributed by atoms with Crippen LogP contribution in [-0.4, -0.2) is 33.7 Å². The van der Waals surface area contributed by atoms with Gasteiger partial charge >= 0.3 is 6.09 Å². The molecule has 2 rings (SSSR count). The van der Waals surface area contributed by atoms with E-state index in [0.29, 0.717) is 0 Å². The molecule has 1 N–H and O–H groups in total. The summed E-state index contributed by atoms with van der Waals surface area (Å²) < 4.78 is 5.19. The Bertz CT molecular complexity index is 698. The van der Waals surface area contributed by atoms with Crippen LogP contribution in [0.2, 0.25) is 0 Å². The third-order valence-corrected chi connectivity index (χ3v) is 3.36. The van der Waals surface area contributed by atoms with E-state index in [0.717, 1.165) is 11.6 Å². The van der Waals surface area contributed by atoms with Crippen LogP contribution in [0.25, 0.3) is 0 Å². The lowest BCUT2D eigenvalue weighted by molar-refractivity contribution is -0.131. The first-order valence-corrected chi connectivity index (χ1v) is 7.62. The van der Waals surface area contributed by atoms with E-state index >= 15 is 0 Å². The van der Waals surface area contributed by atoms with E-state index in [-0.39, 0.29) is 12.5 Å². The van der Waals surface area contributed by atoms with Crippen LogP contribution in [0.3, 0.4) is 0 Å². The third kappa shape index (κ3) is 5.07. The van der Waals surface area contributed by atoms with Crippen molar-refractivity contribution in [1.29, 1.82) is 0 Å². The smallest absolute Gasteiger partial charge is 0.418 e. The molecule has 1 aliphatic heterocycles. The lowest BCUT2D eigenvalue weighted by atomic mass is 10.2. The number of hydrogen-bond acceptors (Lipinski definition) is 4. The Kier molecular flexibility index (Phi) is 6.11. The summed E-state index contributed by atoms with van der Waals surface area (Å²) in [6.07, 6.45) is 6.19. The van der Waals surface area contributed by atoms with Gasteiger partial charge in [0, 0.05) is 24.8 Å². The van der Waals surface area contributed by atoms with Crippen LogP contribution in [0.4, 0.5) is 4.79 Å². The second-order valence-electron chi connectivity index (χ2n) is 5.22. The summed E-state index contributed by atoms with van der Waals surface area (Å²) in [5.41, 5.74) is 0.879. The Balaban J connectivity index is 1.86. The van der Waals surface area contributed by atoms with Gasteiger partial charge in [-0.2, -0.15) is 0 Å². The monoisotopic (exact) mass is 341 g/mol. The molecule has 0 radical (unpaired) electrons. The number of ether oxygens (including phenoxy) is 1. The fourth-order valence-corrected chi connectivity index (χ4v) is 2.01. The van der Waals surface area contributed by atoms with Gasteiger partial charge in [-0.15, -0.1) is 0 Å². The molecule has 7 nitrogen and oxygen atoms in total. The molecule has 0 saturated heterocycles. The van der Waals surface area contributed by atoms with Gasteiger partial charge in [-0.05, 0) is 18.6 Å². The fraction of sp³-hybridized carbons (Fsp3) is 0.167. The Morgan fingerprint density at radius 2 is 1.72 bits per heavy atom. The summed E-state index contributed by atoms with van der Waals surface area (Å²) in [5.74, 6) is -0.781. The molecule has 1 aromatic carbocycles. The molecule has 25 heavy (non-hydrogen) atoms. The van der Waals surface area contributed by atoms with Crippen molar-refractivity contribution in [2.75, 3.05) is 0 Å². The molecule has 130 valence electrons. The molecule has 0 spiro atoms. The molecular weight excluding hydrogens is 322 g/mol. The highest BCUT2D eigenvalue weighted by atomic mass is 16.6. The topological polar surface area (TPSA) is 79.0 Å². The number of benzene rings is 1. The zero-order valence-electron chi connectivity index (χ0n) is 13.8.